The third-order valence-corrected chi connectivity index (χ3v) is 5.14. The van der Waals surface area contributed by atoms with Gasteiger partial charge in [0.15, 0.2) is 6.61 Å². The Hall–Kier alpha value is -3.90. The summed E-state index contributed by atoms with van der Waals surface area (Å²) in [5.41, 5.74) is 2.80. The highest BCUT2D eigenvalue weighted by Gasteiger charge is 2.27. The van der Waals surface area contributed by atoms with Crippen molar-refractivity contribution in [2.24, 2.45) is 0 Å². The zero-order valence-corrected chi connectivity index (χ0v) is 17.7. The molecule has 0 atom stereocenters. The minimum atomic E-state index is -0.653. The van der Waals surface area contributed by atoms with E-state index in [-0.39, 0.29) is 18.0 Å². The van der Waals surface area contributed by atoms with Gasteiger partial charge in [0.1, 0.15) is 6.54 Å². The monoisotopic (exact) mass is 446 g/mol. The smallest absolute Gasteiger partial charge is 0.339 e. The van der Waals surface area contributed by atoms with E-state index in [0.717, 1.165) is 5.56 Å². The van der Waals surface area contributed by atoms with Gasteiger partial charge in [-0.1, -0.05) is 66.2 Å². The lowest BCUT2D eigenvalue weighted by Gasteiger charge is -2.28. The molecule has 6 nitrogen and oxygen atoms in total. The lowest BCUT2D eigenvalue weighted by Crippen LogP contribution is -2.44. The maximum Gasteiger partial charge on any atom is 0.339 e. The van der Waals surface area contributed by atoms with Gasteiger partial charge in [0.2, 0.25) is 5.91 Å². The van der Waals surface area contributed by atoms with E-state index in [0.29, 0.717) is 22.0 Å². The van der Waals surface area contributed by atoms with Gasteiger partial charge in [0.25, 0.3) is 5.91 Å². The minimum Gasteiger partial charge on any atom is -0.452 e. The number of nitrogens with zero attached hydrogens (tertiary/aromatic N) is 1. The largest absolute Gasteiger partial charge is 0.452 e. The Kier molecular flexibility index (Phi) is 6.33. The molecular formula is C25H19ClN2O4. The number of rotatable bonds is 5. The molecule has 32 heavy (non-hydrogen) atoms. The summed E-state index contributed by atoms with van der Waals surface area (Å²) >= 11 is 5.98. The van der Waals surface area contributed by atoms with E-state index in [4.69, 9.17) is 16.3 Å². The number of carbonyl (C=O) groups is 3. The molecule has 4 rings (SSSR count). The molecule has 0 aromatic heterocycles. The van der Waals surface area contributed by atoms with Crippen molar-refractivity contribution in [3.05, 3.63) is 95.0 Å². The lowest BCUT2D eigenvalue weighted by atomic mass is 10.0. The molecule has 1 aliphatic heterocycles. The van der Waals surface area contributed by atoms with Crippen LogP contribution in [0.3, 0.4) is 0 Å². The van der Waals surface area contributed by atoms with Crippen molar-refractivity contribution in [3.8, 4) is 0 Å². The molecule has 3 aromatic carbocycles. The molecule has 0 unspecified atom stereocenters. The topological polar surface area (TPSA) is 75.7 Å². The Labute approximate surface area is 190 Å². The number of benzene rings is 3. The van der Waals surface area contributed by atoms with Crippen LogP contribution in [0.15, 0.2) is 78.9 Å². The summed E-state index contributed by atoms with van der Waals surface area (Å²) < 4.78 is 5.36. The summed E-state index contributed by atoms with van der Waals surface area (Å²) in [6.45, 7) is -0.641. The number of nitrogens with one attached hydrogen (secondary N) is 1. The third kappa shape index (κ3) is 4.87. The fourth-order valence-corrected chi connectivity index (χ4v) is 3.47. The lowest BCUT2D eigenvalue weighted by molar-refractivity contribution is -0.142. The average molecular weight is 447 g/mol. The molecule has 160 valence electrons. The van der Waals surface area contributed by atoms with Gasteiger partial charge in [-0.15, -0.1) is 0 Å². The minimum absolute atomic E-state index is 0.142. The van der Waals surface area contributed by atoms with Crippen LogP contribution in [0, 0.1) is 0 Å². The van der Waals surface area contributed by atoms with Gasteiger partial charge >= 0.3 is 5.97 Å². The summed E-state index contributed by atoms with van der Waals surface area (Å²) in [5, 5.41) is 3.26. The molecule has 0 saturated heterocycles. The Morgan fingerprint density at radius 3 is 2.41 bits per heavy atom. The second-order valence-corrected chi connectivity index (χ2v) is 7.53. The molecule has 0 aliphatic carbocycles. The number of esters is 1. The van der Waals surface area contributed by atoms with Crippen molar-refractivity contribution in [1.29, 1.82) is 0 Å². The number of carbonyl (C=O) groups excluding carboxylic acids is 3. The molecule has 1 heterocycles. The summed E-state index contributed by atoms with van der Waals surface area (Å²) in [5.74, 6) is -1.45. The van der Waals surface area contributed by atoms with Gasteiger partial charge in [0, 0.05) is 5.02 Å². The number of hydrogen-bond acceptors (Lipinski definition) is 4. The average Bonchev–Trinajstić information content (AvgIpc) is 2.81. The highest BCUT2D eigenvalue weighted by Crippen LogP contribution is 2.29. The molecule has 1 aliphatic rings. The molecule has 2 amide bonds. The Balaban J connectivity index is 1.54. The third-order valence-electron chi connectivity index (χ3n) is 4.88. The molecule has 0 bridgehead atoms. The van der Waals surface area contributed by atoms with E-state index in [1.807, 2.05) is 30.3 Å². The van der Waals surface area contributed by atoms with Crippen molar-refractivity contribution < 1.29 is 19.1 Å². The zero-order chi connectivity index (χ0) is 22.5. The quantitative estimate of drug-likeness (QED) is 0.358. The van der Waals surface area contributed by atoms with Crippen LogP contribution in [-0.2, 0) is 19.1 Å². The maximum atomic E-state index is 13.0. The molecule has 1 N–H and O–H groups in total. The fourth-order valence-electron chi connectivity index (χ4n) is 3.34. The van der Waals surface area contributed by atoms with Crippen LogP contribution in [0.1, 0.15) is 11.1 Å². The summed E-state index contributed by atoms with van der Waals surface area (Å²) in [4.78, 5) is 39.0. The first-order chi connectivity index (χ1) is 15.5. The maximum absolute atomic E-state index is 13.0. The number of ether oxygens (including phenoxy) is 1. The Morgan fingerprint density at radius 2 is 1.66 bits per heavy atom. The van der Waals surface area contributed by atoms with E-state index < -0.39 is 18.5 Å². The second-order valence-electron chi connectivity index (χ2n) is 7.10. The first-order valence-corrected chi connectivity index (χ1v) is 10.3. The molecule has 0 spiro atoms. The van der Waals surface area contributed by atoms with Gasteiger partial charge in [-0.3, -0.25) is 14.5 Å². The van der Waals surface area contributed by atoms with Crippen LogP contribution in [0.5, 0.6) is 0 Å². The van der Waals surface area contributed by atoms with Crippen molar-refractivity contribution in [2.75, 3.05) is 23.4 Å². The van der Waals surface area contributed by atoms with Crippen LogP contribution in [0.4, 0.5) is 11.4 Å². The molecule has 0 fully saturated rings. The van der Waals surface area contributed by atoms with Crippen molar-refractivity contribution in [3.63, 3.8) is 0 Å². The van der Waals surface area contributed by atoms with Crippen LogP contribution in [0.2, 0.25) is 5.02 Å². The highest BCUT2D eigenvalue weighted by molar-refractivity contribution is 6.30. The van der Waals surface area contributed by atoms with E-state index in [9.17, 15) is 14.4 Å². The van der Waals surface area contributed by atoms with Crippen LogP contribution in [0.25, 0.3) is 11.6 Å². The van der Waals surface area contributed by atoms with Crippen molar-refractivity contribution in [1.82, 2.24) is 0 Å². The van der Waals surface area contributed by atoms with Gasteiger partial charge in [-0.05, 0) is 41.5 Å². The summed E-state index contributed by atoms with van der Waals surface area (Å²) in [6, 6.07) is 23.1. The highest BCUT2D eigenvalue weighted by atomic mass is 35.5. The number of para-hydroxylation sites is 2. The van der Waals surface area contributed by atoms with Gasteiger partial charge in [0.05, 0.1) is 16.9 Å². The first kappa shape index (κ1) is 21.3. The Morgan fingerprint density at radius 1 is 0.969 bits per heavy atom. The zero-order valence-electron chi connectivity index (χ0n) is 17.0. The molecule has 3 aromatic rings. The summed E-state index contributed by atoms with van der Waals surface area (Å²) in [7, 11) is 0. The standard InChI is InChI=1S/C25H19ClN2O4/c26-19-12-10-18(11-13-19)20(14-17-6-2-1-3-7-17)25(31)32-16-24(30)28-15-23(29)27-21-8-4-5-9-22(21)28/h1-14H,15-16H2,(H,27,29)/b20-14+. The Bertz CT molecular complexity index is 1190. The van der Waals surface area contributed by atoms with Gasteiger partial charge in [-0.2, -0.15) is 0 Å². The van der Waals surface area contributed by atoms with Gasteiger partial charge in [-0.25, -0.2) is 4.79 Å². The predicted molar refractivity (Wildman–Crippen MR) is 124 cm³/mol. The van der Waals surface area contributed by atoms with Crippen LogP contribution in [-0.4, -0.2) is 30.9 Å². The fraction of sp³-hybridized carbons (Fsp3) is 0.0800. The molecular weight excluding hydrogens is 428 g/mol. The second kappa shape index (κ2) is 9.49. The number of hydrogen-bond donors (Lipinski definition) is 1. The first-order valence-electron chi connectivity index (χ1n) is 9.90. The van der Waals surface area contributed by atoms with E-state index in [1.54, 1.807) is 54.6 Å². The SMILES string of the molecule is O=C1CN(C(=O)COC(=O)/C(=C/c2ccccc2)c2ccc(Cl)cc2)c2ccccc2N1. The predicted octanol–water partition coefficient (Wildman–Crippen LogP) is 4.41. The number of halogens is 1. The van der Waals surface area contributed by atoms with Crippen molar-refractivity contribution in [2.45, 2.75) is 0 Å². The molecule has 0 radical (unpaired) electrons. The van der Waals surface area contributed by atoms with E-state index in [2.05, 4.69) is 5.32 Å². The van der Waals surface area contributed by atoms with E-state index in [1.165, 1.54) is 4.90 Å². The van der Waals surface area contributed by atoms with Crippen LogP contribution < -0.4 is 10.2 Å². The molecule has 7 heteroatoms. The number of anilines is 2. The normalized spacial score (nSPS) is 13.2. The van der Waals surface area contributed by atoms with Crippen molar-refractivity contribution >= 4 is 52.4 Å². The van der Waals surface area contributed by atoms with Crippen LogP contribution >= 0.6 is 11.6 Å². The number of amides is 2. The summed E-state index contributed by atoms with van der Waals surface area (Å²) in [6.07, 6.45) is 1.69. The van der Waals surface area contributed by atoms with Gasteiger partial charge < -0.3 is 10.1 Å². The number of fused-ring (bicyclic) bond motifs is 1. The molecule has 0 saturated carbocycles. The van der Waals surface area contributed by atoms with E-state index >= 15 is 0 Å².